The third kappa shape index (κ3) is 3.71. The summed E-state index contributed by atoms with van der Waals surface area (Å²) in [4.78, 5) is 12.2. The van der Waals surface area contributed by atoms with Crippen LogP contribution in [0.1, 0.15) is 58.0 Å². The van der Waals surface area contributed by atoms with E-state index in [0.717, 1.165) is 47.4 Å². The highest BCUT2D eigenvalue weighted by Crippen LogP contribution is 2.34. The van der Waals surface area contributed by atoms with E-state index in [1.54, 1.807) is 11.8 Å². The summed E-state index contributed by atoms with van der Waals surface area (Å²) in [7, 11) is 0. The average molecular weight is 400 g/mol. The molecule has 1 saturated heterocycles. The Balaban J connectivity index is 1.59. The summed E-state index contributed by atoms with van der Waals surface area (Å²) < 4.78 is 7.59. The molecule has 3 heterocycles. The summed E-state index contributed by atoms with van der Waals surface area (Å²) in [6.07, 6.45) is 1.95. The number of hydrogen-bond donors (Lipinski definition) is 1. The lowest BCUT2D eigenvalue weighted by Crippen LogP contribution is -2.27. The third-order valence-electron chi connectivity index (χ3n) is 4.85. The van der Waals surface area contributed by atoms with Crippen molar-refractivity contribution in [3.63, 3.8) is 0 Å². The van der Waals surface area contributed by atoms with Crippen LogP contribution in [0, 0.1) is 5.41 Å². The van der Waals surface area contributed by atoms with Gasteiger partial charge in [0.1, 0.15) is 6.10 Å². The van der Waals surface area contributed by atoms with Crippen molar-refractivity contribution in [2.24, 2.45) is 10.5 Å². The monoisotopic (exact) mass is 399 g/mol. The van der Waals surface area contributed by atoms with Crippen LogP contribution >= 0.6 is 11.8 Å². The van der Waals surface area contributed by atoms with Gasteiger partial charge >= 0.3 is 0 Å². The summed E-state index contributed by atoms with van der Waals surface area (Å²) in [5, 5.41) is 17.4. The van der Waals surface area contributed by atoms with E-state index in [1.807, 2.05) is 49.7 Å². The van der Waals surface area contributed by atoms with Crippen molar-refractivity contribution in [2.45, 2.75) is 57.0 Å². The van der Waals surface area contributed by atoms with Gasteiger partial charge in [-0.3, -0.25) is 4.79 Å². The van der Waals surface area contributed by atoms with Gasteiger partial charge in [-0.25, -0.2) is 0 Å². The number of thioether (sulfide) groups is 1. The largest absolute Gasteiger partial charge is 0.370 e. The van der Waals surface area contributed by atoms with Gasteiger partial charge in [-0.05, 0) is 37.5 Å². The van der Waals surface area contributed by atoms with Crippen LogP contribution in [0.25, 0.3) is 0 Å². The molecule has 7 nitrogen and oxygen atoms in total. The fourth-order valence-corrected chi connectivity index (χ4v) is 4.10. The van der Waals surface area contributed by atoms with Gasteiger partial charge in [0.15, 0.2) is 5.82 Å². The molecule has 1 aromatic carbocycles. The van der Waals surface area contributed by atoms with Gasteiger partial charge in [0.2, 0.25) is 11.1 Å². The molecule has 148 valence electrons. The molecule has 4 rings (SSSR count). The topological polar surface area (TPSA) is 81.4 Å². The summed E-state index contributed by atoms with van der Waals surface area (Å²) in [5.41, 5.74) is 2.34. The lowest BCUT2D eigenvalue weighted by atomic mass is 9.95. The first-order chi connectivity index (χ1) is 13.3. The van der Waals surface area contributed by atoms with E-state index in [0.29, 0.717) is 0 Å². The summed E-state index contributed by atoms with van der Waals surface area (Å²) in [6, 6.07) is 7.83. The van der Waals surface area contributed by atoms with Crippen molar-refractivity contribution in [1.29, 1.82) is 0 Å². The minimum Gasteiger partial charge on any atom is -0.370 e. The van der Waals surface area contributed by atoms with Crippen LogP contribution < -0.4 is 5.32 Å². The molecule has 0 radical (unpaired) electrons. The highest BCUT2D eigenvalue weighted by Gasteiger charge is 2.30. The Labute approximate surface area is 168 Å². The lowest BCUT2D eigenvalue weighted by molar-refractivity contribution is -0.123. The number of benzene rings is 1. The first kappa shape index (κ1) is 19.1. The molecular formula is C20H25N5O2S. The van der Waals surface area contributed by atoms with Gasteiger partial charge in [-0.1, -0.05) is 44.7 Å². The summed E-state index contributed by atoms with van der Waals surface area (Å²) in [5.74, 6) is 0.771. The minimum atomic E-state index is -0.430. The highest BCUT2D eigenvalue weighted by molar-refractivity contribution is 8.00. The molecule has 1 fully saturated rings. The Kier molecular flexibility index (Phi) is 5.01. The summed E-state index contributed by atoms with van der Waals surface area (Å²) >= 11 is 1.65. The second-order valence-corrected chi connectivity index (χ2v) is 9.49. The molecule has 1 amide bonds. The summed E-state index contributed by atoms with van der Waals surface area (Å²) in [6.45, 7) is 8.57. The van der Waals surface area contributed by atoms with E-state index in [-0.39, 0.29) is 17.3 Å². The first-order valence-corrected chi connectivity index (χ1v) is 10.5. The van der Waals surface area contributed by atoms with Crippen LogP contribution in [0.4, 0.5) is 5.69 Å². The van der Waals surface area contributed by atoms with Crippen LogP contribution in [-0.4, -0.2) is 38.3 Å². The quantitative estimate of drug-likeness (QED) is 0.847. The molecule has 8 heteroatoms. The number of rotatable bonds is 3. The molecule has 28 heavy (non-hydrogen) atoms. The van der Waals surface area contributed by atoms with Crippen LogP contribution in [-0.2, 0) is 9.53 Å². The number of nitrogens with zero attached hydrogens (tertiary/aromatic N) is 4. The number of carbonyl (C=O) groups excluding carboxylic acids is 1. The number of amides is 1. The van der Waals surface area contributed by atoms with Gasteiger partial charge in [-0.15, -0.1) is 10.2 Å². The predicted molar refractivity (Wildman–Crippen MR) is 110 cm³/mol. The van der Waals surface area contributed by atoms with E-state index in [2.05, 4.69) is 22.4 Å². The van der Waals surface area contributed by atoms with E-state index in [1.165, 1.54) is 0 Å². The van der Waals surface area contributed by atoms with Crippen LogP contribution in [0.3, 0.4) is 0 Å². The van der Waals surface area contributed by atoms with Gasteiger partial charge in [0.05, 0.1) is 11.0 Å². The number of nitrogens with one attached hydrogen (secondary N) is 1. The Morgan fingerprint density at radius 3 is 2.64 bits per heavy atom. The Bertz CT molecular complexity index is 908. The molecule has 1 N–H and O–H groups in total. The number of carbonyl (C=O) groups is 1. The number of aromatic nitrogens is 3. The number of ether oxygens (including phenoxy) is 1. The molecule has 1 aromatic heterocycles. The molecule has 2 atom stereocenters. The van der Waals surface area contributed by atoms with Crippen molar-refractivity contribution in [2.75, 3.05) is 11.9 Å². The van der Waals surface area contributed by atoms with E-state index >= 15 is 0 Å². The molecule has 2 aliphatic rings. The molecule has 2 aliphatic heterocycles. The molecule has 2 aromatic rings. The fraction of sp³-hybridized carbons (Fsp3) is 0.500. The first-order valence-electron chi connectivity index (χ1n) is 9.57. The van der Waals surface area contributed by atoms with E-state index < -0.39 is 5.41 Å². The Morgan fingerprint density at radius 1 is 1.25 bits per heavy atom. The number of fused-ring (bicyclic) bond motifs is 1. The second-order valence-electron chi connectivity index (χ2n) is 8.18. The van der Waals surface area contributed by atoms with Gasteiger partial charge < -0.3 is 10.1 Å². The predicted octanol–water partition coefficient (Wildman–Crippen LogP) is 3.86. The van der Waals surface area contributed by atoms with Crippen molar-refractivity contribution in [1.82, 2.24) is 14.9 Å². The lowest BCUT2D eigenvalue weighted by Gasteiger charge is -2.21. The maximum absolute atomic E-state index is 12.2. The SMILES string of the molecule is C[C@@H]1Sc2nnc([C@@H]3CCCO3)n2N=C1c1ccc(NC(=O)C(C)(C)C)cc1. The third-order valence-corrected chi connectivity index (χ3v) is 5.89. The van der Waals surface area contributed by atoms with Gasteiger partial charge in [-0.2, -0.15) is 9.78 Å². The maximum Gasteiger partial charge on any atom is 0.229 e. The van der Waals surface area contributed by atoms with Gasteiger partial charge in [0, 0.05) is 17.7 Å². The minimum absolute atomic E-state index is 0.00508. The zero-order chi connectivity index (χ0) is 19.9. The zero-order valence-electron chi connectivity index (χ0n) is 16.6. The van der Waals surface area contributed by atoms with Crippen molar-refractivity contribution < 1.29 is 9.53 Å². The average Bonchev–Trinajstić information content (AvgIpc) is 3.30. The highest BCUT2D eigenvalue weighted by atomic mass is 32.2. The van der Waals surface area contributed by atoms with E-state index in [4.69, 9.17) is 9.84 Å². The standard InChI is InChI=1S/C20H25N5O2S/c1-12-16(13-7-9-14(10-8-13)21-18(26)20(2,3)4)24-25-17(15-6-5-11-27-15)22-23-19(25)28-12/h7-10,12,15H,5-6,11H2,1-4H3,(H,21,26)/t12-,15-/m0/s1. The van der Waals surface area contributed by atoms with E-state index in [9.17, 15) is 4.79 Å². The number of hydrogen-bond acceptors (Lipinski definition) is 6. The Morgan fingerprint density at radius 2 is 2.00 bits per heavy atom. The Hall–Kier alpha value is -2.19. The van der Waals surface area contributed by atoms with Crippen molar-refractivity contribution in [3.05, 3.63) is 35.7 Å². The van der Waals surface area contributed by atoms with Crippen LogP contribution in [0.2, 0.25) is 0 Å². The van der Waals surface area contributed by atoms with Crippen LogP contribution in [0.15, 0.2) is 34.5 Å². The van der Waals surface area contributed by atoms with Gasteiger partial charge in [0.25, 0.3) is 0 Å². The smallest absolute Gasteiger partial charge is 0.229 e. The van der Waals surface area contributed by atoms with Crippen molar-refractivity contribution in [3.8, 4) is 0 Å². The van der Waals surface area contributed by atoms with Crippen LogP contribution in [0.5, 0.6) is 0 Å². The molecule has 0 unspecified atom stereocenters. The van der Waals surface area contributed by atoms with Crippen molar-refractivity contribution >= 4 is 29.1 Å². The number of anilines is 1. The fourth-order valence-electron chi connectivity index (χ4n) is 3.16. The molecular weight excluding hydrogens is 374 g/mol. The molecule has 0 spiro atoms. The molecule has 0 bridgehead atoms. The maximum atomic E-state index is 12.2. The molecule has 0 saturated carbocycles. The zero-order valence-corrected chi connectivity index (χ0v) is 17.4. The normalized spacial score (nSPS) is 21.9. The molecule has 0 aliphatic carbocycles. The second kappa shape index (κ2) is 7.33.